The average Bonchev–Trinajstić information content (AvgIpc) is 2.42. The van der Waals surface area contributed by atoms with Crippen molar-refractivity contribution in [2.24, 2.45) is 4.99 Å². The molecule has 6 heteroatoms. The summed E-state index contributed by atoms with van der Waals surface area (Å²) in [5, 5.41) is 22.8. The van der Waals surface area contributed by atoms with Crippen molar-refractivity contribution in [2.45, 2.75) is 13.8 Å². The zero-order valence-electron chi connectivity index (χ0n) is 11.5. The van der Waals surface area contributed by atoms with E-state index >= 15 is 0 Å². The number of halogens is 1. The molecule has 0 saturated carbocycles. The highest BCUT2D eigenvalue weighted by molar-refractivity contribution is 6.31. The van der Waals surface area contributed by atoms with Crippen molar-refractivity contribution < 1.29 is 10.0 Å². The largest absolute Gasteiger partial charge is 0.867 e. The van der Waals surface area contributed by atoms with Crippen LogP contribution < -0.4 is 5.11 Å². The van der Waals surface area contributed by atoms with E-state index in [0.29, 0.717) is 5.69 Å². The minimum absolute atomic E-state index is 0.0902. The molecule has 0 radical (unpaired) electrons. The number of hydrogen-bond acceptors (Lipinski definition) is 4. The van der Waals surface area contributed by atoms with Gasteiger partial charge in [-0.05, 0) is 54.5 Å². The van der Waals surface area contributed by atoms with Gasteiger partial charge < -0.3 is 5.11 Å². The molecule has 2 rings (SSSR count). The van der Waals surface area contributed by atoms with E-state index in [1.54, 1.807) is 0 Å². The zero-order chi connectivity index (χ0) is 15.6. The summed E-state index contributed by atoms with van der Waals surface area (Å²) in [4.78, 5) is 14.2. The highest BCUT2D eigenvalue weighted by atomic mass is 35.5. The average molecular weight is 304 g/mol. The predicted octanol–water partition coefficient (Wildman–Crippen LogP) is 3.69. The van der Waals surface area contributed by atoms with Gasteiger partial charge in [-0.2, -0.15) is 0 Å². The number of nitrogens with zero attached hydrogens (tertiary/aromatic N) is 2. The lowest BCUT2D eigenvalue weighted by molar-refractivity contribution is -0.398. The SMILES string of the molecule is Cc1ccc(N=Cc2cc(Cl)cc([N+](=O)[O-])c2[O-])cc1C. The normalized spacial score (nSPS) is 11.0. The Hall–Kier alpha value is -2.40. The van der Waals surface area contributed by atoms with Crippen LogP contribution in [0.4, 0.5) is 11.4 Å². The molecular formula is C15H12ClN2O3-. The second kappa shape index (κ2) is 5.93. The Bertz CT molecular complexity index is 742. The third-order valence-corrected chi connectivity index (χ3v) is 3.32. The van der Waals surface area contributed by atoms with Crippen LogP contribution in [0.2, 0.25) is 5.02 Å². The van der Waals surface area contributed by atoms with Crippen LogP contribution in [0, 0.1) is 24.0 Å². The van der Waals surface area contributed by atoms with E-state index in [9.17, 15) is 15.2 Å². The second-order valence-corrected chi connectivity index (χ2v) is 5.06. The lowest BCUT2D eigenvalue weighted by Crippen LogP contribution is -2.02. The van der Waals surface area contributed by atoms with Gasteiger partial charge in [0.15, 0.2) is 0 Å². The summed E-state index contributed by atoms with van der Waals surface area (Å²) in [6, 6.07) is 8.00. The topological polar surface area (TPSA) is 78.6 Å². The van der Waals surface area contributed by atoms with Gasteiger partial charge in [0.1, 0.15) is 0 Å². The molecule has 0 fully saturated rings. The number of aryl methyl sites for hydroxylation is 2. The monoisotopic (exact) mass is 303 g/mol. The van der Waals surface area contributed by atoms with Crippen molar-refractivity contribution in [1.82, 2.24) is 0 Å². The van der Waals surface area contributed by atoms with Gasteiger partial charge in [0.25, 0.3) is 5.69 Å². The Kier molecular flexibility index (Phi) is 4.23. The summed E-state index contributed by atoms with van der Waals surface area (Å²) in [7, 11) is 0. The predicted molar refractivity (Wildman–Crippen MR) is 80.7 cm³/mol. The molecule has 0 aliphatic heterocycles. The standard InChI is InChI=1S/C15H13ClN2O3/c1-9-3-4-13(5-10(9)2)17-8-11-6-12(16)7-14(15(11)19)18(20)21/h3-8,19H,1-2H3/p-1. The molecule has 5 nitrogen and oxygen atoms in total. The fraction of sp³-hybridized carbons (Fsp3) is 0.133. The molecule has 0 N–H and O–H groups in total. The van der Waals surface area contributed by atoms with Gasteiger partial charge >= 0.3 is 0 Å². The van der Waals surface area contributed by atoms with Crippen molar-refractivity contribution in [3.8, 4) is 5.75 Å². The fourth-order valence-corrected chi connectivity index (χ4v) is 2.00. The maximum absolute atomic E-state index is 11.9. The Labute approximate surface area is 126 Å². The van der Waals surface area contributed by atoms with Gasteiger partial charge in [-0.25, -0.2) is 0 Å². The maximum Gasteiger partial charge on any atom is 0.263 e. The Morgan fingerprint density at radius 1 is 1.19 bits per heavy atom. The molecule has 0 aliphatic carbocycles. The van der Waals surface area contributed by atoms with E-state index in [4.69, 9.17) is 11.6 Å². The quantitative estimate of drug-likeness (QED) is 0.493. The van der Waals surface area contributed by atoms with Gasteiger partial charge in [0.2, 0.25) is 0 Å². The molecule has 0 aliphatic rings. The molecule has 21 heavy (non-hydrogen) atoms. The Morgan fingerprint density at radius 3 is 2.52 bits per heavy atom. The van der Waals surface area contributed by atoms with E-state index in [1.165, 1.54) is 12.3 Å². The molecular weight excluding hydrogens is 292 g/mol. The van der Waals surface area contributed by atoms with Gasteiger partial charge in [0.05, 0.1) is 10.6 Å². The summed E-state index contributed by atoms with van der Waals surface area (Å²) >= 11 is 5.79. The molecule has 0 spiro atoms. The lowest BCUT2D eigenvalue weighted by Gasteiger charge is -2.10. The Morgan fingerprint density at radius 2 is 1.90 bits per heavy atom. The van der Waals surface area contributed by atoms with Crippen LogP contribution in [0.1, 0.15) is 16.7 Å². The summed E-state index contributed by atoms with van der Waals surface area (Å²) in [5.41, 5.74) is 2.41. The van der Waals surface area contributed by atoms with E-state index in [0.717, 1.165) is 17.2 Å². The summed E-state index contributed by atoms with van der Waals surface area (Å²) in [5.74, 6) is -0.697. The molecule has 0 unspecified atom stereocenters. The van der Waals surface area contributed by atoms with Gasteiger partial charge in [0, 0.05) is 17.3 Å². The highest BCUT2D eigenvalue weighted by Crippen LogP contribution is 2.30. The van der Waals surface area contributed by atoms with E-state index in [-0.39, 0.29) is 10.6 Å². The molecule has 108 valence electrons. The molecule has 0 atom stereocenters. The smallest absolute Gasteiger partial charge is 0.263 e. The minimum atomic E-state index is -0.748. The van der Waals surface area contributed by atoms with Crippen molar-refractivity contribution in [2.75, 3.05) is 0 Å². The van der Waals surface area contributed by atoms with Crippen LogP contribution in [0.5, 0.6) is 5.75 Å². The van der Waals surface area contributed by atoms with Crippen molar-refractivity contribution in [3.63, 3.8) is 0 Å². The molecule has 2 aromatic carbocycles. The molecule has 0 amide bonds. The molecule has 0 saturated heterocycles. The van der Waals surface area contributed by atoms with Crippen LogP contribution in [-0.2, 0) is 0 Å². The van der Waals surface area contributed by atoms with Gasteiger partial charge in [-0.1, -0.05) is 17.7 Å². The molecule has 2 aromatic rings. The number of rotatable bonds is 3. The summed E-state index contributed by atoms with van der Waals surface area (Å²) in [6.07, 6.45) is 1.30. The van der Waals surface area contributed by atoms with E-state index in [2.05, 4.69) is 4.99 Å². The van der Waals surface area contributed by atoms with Crippen LogP contribution in [0.25, 0.3) is 0 Å². The first-order valence-corrected chi connectivity index (χ1v) is 6.52. The van der Waals surface area contributed by atoms with Gasteiger partial charge in [-0.15, -0.1) is 0 Å². The lowest BCUT2D eigenvalue weighted by atomic mass is 10.1. The van der Waals surface area contributed by atoms with Crippen molar-refractivity contribution in [3.05, 3.63) is 62.2 Å². The first kappa shape index (κ1) is 15.0. The number of nitro groups is 1. The maximum atomic E-state index is 11.9. The first-order chi connectivity index (χ1) is 9.88. The van der Waals surface area contributed by atoms with Crippen LogP contribution >= 0.6 is 11.6 Å². The third-order valence-electron chi connectivity index (χ3n) is 3.10. The number of nitro benzene ring substituents is 1. The van der Waals surface area contributed by atoms with Crippen LogP contribution in [0.3, 0.4) is 0 Å². The number of hydrogen-bond donors (Lipinski definition) is 0. The van der Waals surface area contributed by atoms with E-state index in [1.807, 2.05) is 32.0 Å². The van der Waals surface area contributed by atoms with E-state index < -0.39 is 16.4 Å². The number of benzene rings is 2. The highest BCUT2D eigenvalue weighted by Gasteiger charge is 2.11. The minimum Gasteiger partial charge on any atom is -0.867 e. The van der Waals surface area contributed by atoms with Crippen LogP contribution in [-0.4, -0.2) is 11.1 Å². The van der Waals surface area contributed by atoms with Crippen molar-refractivity contribution >= 4 is 29.2 Å². The van der Waals surface area contributed by atoms with Gasteiger partial charge in [-0.3, -0.25) is 15.1 Å². The van der Waals surface area contributed by atoms with Crippen molar-refractivity contribution in [1.29, 1.82) is 0 Å². The Balaban J connectivity index is 2.41. The summed E-state index contributed by atoms with van der Waals surface area (Å²) < 4.78 is 0. The van der Waals surface area contributed by atoms with Crippen LogP contribution in [0.15, 0.2) is 35.3 Å². The molecule has 0 bridgehead atoms. The first-order valence-electron chi connectivity index (χ1n) is 6.15. The molecule has 0 aromatic heterocycles. The fourth-order valence-electron chi connectivity index (χ4n) is 1.78. The number of aliphatic imine (C=N–C) groups is 1. The summed E-state index contributed by atoms with van der Waals surface area (Å²) in [6.45, 7) is 3.94. The zero-order valence-corrected chi connectivity index (χ0v) is 12.2. The third kappa shape index (κ3) is 3.38. The molecule has 0 heterocycles. The second-order valence-electron chi connectivity index (χ2n) is 4.63.